The van der Waals surface area contributed by atoms with Crippen LogP contribution in [0.1, 0.15) is 33.1 Å². The Bertz CT molecular complexity index is 801. The fourth-order valence-corrected chi connectivity index (χ4v) is 1.96. The van der Waals surface area contributed by atoms with Gasteiger partial charge in [-0.15, -0.1) is 0 Å². The molecule has 0 atom stereocenters. The molecule has 0 aliphatic carbocycles. The lowest BCUT2D eigenvalue weighted by atomic mass is 10.1. The van der Waals surface area contributed by atoms with Gasteiger partial charge in [-0.2, -0.15) is 5.10 Å². The highest BCUT2D eigenvalue weighted by molar-refractivity contribution is 6.14. The fraction of sp³-hybridized carbons (Fsp3) is 0.143. The first kappa shape index (κ1) is 12.3. The first-order chi connectivity index (χ1) is 9.65. The molecule has 0 radical (unpaired) electrons. The van der Waals surface area contributed by atoms with E-state index in [0.717, 1.165) is 0 Å². The molecule has 0 fully saturated rings. The number of hydrogen-bond acceptors (Lipinski definition) is 5. The van der Waals surface area contributed by atoms with Gasteiger partial charge < -0.3 is 4.42 Å². The van der Waals surface area contributed by atoms with Crippen molar-refractivity contribution in [1.29, 1.82) is 0 Å². The highest BCUT2D eigenvalue weighted by Crippen LogP contribution is 2.14. The van der Waals surface area contributed by atoms with E-state index >= 15 is 0 Å². The second-order valence-corrected chi connectivity index (χ2v) is 4.40. The molecular formula is C14H11N3O3. The fourth-order valence-electron chi connectivity index (χ4n) is 1.96. The Kier molecular flexibility index (Phi) is 2.90. The Morgan fingerprint density at radius 2 is 2.10 bits per heavy atom. The van der Waals surface area contributed by atoms with Crippen LogP contribution in [0.15, 0.2) is 41.3 Å². The van der Waals surface area contributed by atoms with E-state index in [1.54, 1.807) is 42.2 Å². The first-order valence-corrected chi connectivity index (χ1v) is 6.05. The summed E-state index contributed by atoms with van der Waals surface area (Å²) in [5.41, 5.74) is 0.968. The van der Waals surface area contributed by atoms with Crippen LogP contribution in [0.4, 0.5) is 0 Å². The smallest absolute Gasteiger partial charge is 0.205 e. The molecule has 3 aromatic heterocycles. The van der Waals surface area contributed by atoms with Gasteiger partial charge in [0.1, 0.15) is 5.76 Å². The molecule has 6 heteroatoms. The summed E-state index contributed by atoms with van der Waals surface area (Å²) in [5, 5.41) is 4.04. The summed E-state index contributed by atoms with van der Waals surface area (Å²) in [6.45, 7) is 1.75. The second kappa shape index (κ2) is 4.73. The van der Waals surface area contributed by atoms with Gasteiger partial charge >= 0.3 is 0 Å². The van der Waals surface area contributed by atoms with Crippen LogP contribution in [-0.4, -0.2) is 26.2 Å². The highest BCUT2D eigenvalue weighted by atomic mass is 16.3. The molecule has 0 saturated carbocycles. The number of rotatable bonds is 4. The molecule has 0 bridgehead atoms. The summed E-state index contributed by atoms with van der Waals surface area (Å²) in [7, 11) is 0. The molecule has 0 saturated heterocycles. The lowest BCUT2D eigenvalue weighted by molar-refractivity contribution is 0.0878. The summed E-state index contributed by atoms with van der Waals surface area (Å²) in [6, 6.07) is 3.26. The van der Waals surface area contributed by atoms with Gasteiger partial charge in [0, 0.05) is 12.4 Å². The average Bonchev–Trinajstić information content (AvgIpc) is 3.04. The van der Waals surface area contributed by atoms with Gasteiger partial charge in [-0.1, -0.05) is 0 Å². The standard InChI is InChI=1S/C14H11N3O3/c1-9-2-3-14(20-9)13(19)6-12(18)10-7-16-17-5-4-15-8-11(10)17/h2-5,7-8H,6H2,1H3. The molecule has 0 aliphatic heterocycles. The molecular weight excluding hydrogens is 258 g/mol. The third-order valence-electron chi connectivity index (χ3n) is 2.96. The lowest BCUT2D eigenvalue weighted by Crippen LogP contribution is -2.07. The number of aromatic nitrogens is 3. The molecule has 0 aromatic carbocycles. The van der Waals surface area contributed by atoms with E-state index in [-0.39, 0.29) is 23.7 Å². The van der Waals surface area contributed by atoms with Crippen molar-refractivity contribution in [3.05, 3.63) is 54.0 Å². The maximum absolute atomic E-state index is 12.2. The lowest BCUT2D eigenvalue weighted by Gasteiger charge is -1.97. The number of aryl methyl sites for hydroxylation is 1. The minimum absolute atomic E-state index is 0.199. The van der Waals surface area contributed by atoms with Crippen molar-refractivity contribution in [3.63, 3.8) is 0 Å². The van der Waals surface area contributed by atoms with Crippen LogP contribution in [0, 0.1) is 6.92 Å². The maximum atomic E-state index is 12.2. The summed E-state index contributed by atoms with van der Waals surface area (Å²) >= 11 is 0. The number of ketones is 2. The normalized spacial score (nSPS) is 10.8. The molecule has 3 aromatic rings. The topological polar surface area (TPSA) is 77.5 Å². The van der Waals surface area contributed by atoms with Crippen molar-refractivity contribution in [2.24, 2.45) is 0 Å². The average molecular weight is 269 g/mol. The van der Waals surface area contributed by atoms with E-state index in [1.807, 2.05) is 0 Å². The second-order valence-electron chi connectivity index (χ2n) is 4.40. The molecule has 20 heavy (non-hydrogen) atoms. The quantitative estimate of drug-likeness (QED) is 0.535. The van der Waals surface area contributed by atoms with Gasteiger partial charge in [0.05, 0.1) is 29.9 Å². The zero-order valence-corrected chi connectivity index (χ0v) is 10.7. The first-order valence-electron chi connectivity index (χ1n) is 6.05. The van der Waals surface area contributed by atoms with Gasteiger partial charge in [-0.3, -0.25) is 14.6 Å². The van der Waals surface area contributed by atoms with E-state index in [2.05, 4.69) is 10.1 Å². The van der Waals surface area contributed by atoms with Crippen molar-refractivity contribution in [2.45, 2.75) is 13.3 Å². The van der Waals surface area contributed by atoms with Crippen LogP contribution in [0.25, 0.3) is 5.52 Å². The summed E-state index contributed by atoms with van der Waals surface area (Å²) in [4.78, 5) is 28.1. The summed E-state index contributed by atoms with van der Waals surface area (Å²) < 4.78 is 6.76. The summed E-state index contributed by atoms with van der Waals surface area (Å²) in [6.07, 6.45) is 5.96. The number of nitrogens with zero attached hydrogens (tertiary/aromatic N) is 3. The third kappa shape index (κ3) is 2.11. The molecule has 3 rings (SSSR count). The van der Waals surface area contributed by atoms with Crippen LogP contribution in [0.2, 0.25) is 0 Å². The monoisotopic (exact) mass is 269 g/mol. The highest BCUT2D eigenvalue weighted by Gasteiger charge is 2.19. The molecule has 6 nitrogen and oxygen atoms in total. The zero-order valence-electron chi connectivity index (χ0n) is 10.7. The van der Waals surface area contributed by atoms with E-state index in [9.17, 15) is 9.59 Å². The van der Waals surface area contributed by atoms with Crippen molar-refractivity contribution in [3.8, 4) is 0 Å². The Balaban J connectivity index is 1.84. The van der Waals surface area contributed by atoms with E-state index in [1.165, 1.54) is 6.20 Å². The predicted octanol–water partition coefficient (Wildman–Crippen LogP) is 2.09. The SMILES string of the molecule is Cc1ccc(C(=O)CC(=O)c2cnn3ccncc23)o1. The van der Waals surface area contributed by atoms with E-state index in [4.69, 9.17) is 4.42 Å². The van der Waals surface area contributed by atoms with Crippen LogP contribution >= 0.6 is 0 Å². The number of hydrogen-bond donors (Lipinski definition) is 0. The minimum atomic E-state index is -0.341. The molecule has 3 heterocycles. The van der Waals surface area contributed by atoms with Crippen molar-refractivity contribution in [2.75, 3.05) is 0 Å². The number of fused-ring (bicyclic) bond motifs is 1. The molecule has 0 unspecified atom stereocenters. The largest absolute Gasteiger partial charge is 0.458 e. The maximum Gasteiger partial charge on any atom is 0.205 e. The van der Waals surface area contributed by atoms with Crippen LogP contribution in [0.5, 0.6) is 0 Å². The van der Waals surface area contributed by atoms with Gasteiger partial charge in [0.2, 0.25) is 5.78 Å². The molecule has 0 N–H and O–H groups in total. The Labute approximate surface area is 114 Å². The van der Waals surface area contributed by atoms with Crippen molar-refractivity contribution >= 4 is 17.1 Å². The number of Topliss-reactive ketones (excluding diaryl/α,β-unsaturated/α-hetero) is 2. The minimum Gasteiger partial charge on any atom is -0.458 e. The number of carbonyl (C=O) groups excluding carboxylic acids is 2. The number of carbonyl (C=O) groups is 2. The van der Waals surface area contributed by atoms with Crippen LogP contribution in [-0.2, 0) is 0 Å². The number of furan rings is 1. The third-order valence-corrected chi connectivity index (χ3v) is 2.96. The zero-order chi connectivity index (χ0) is 14.1. The molecule has 0 amide bonds. The predicted molar refractivity (Wildman–Crippen MR) is 69.7 cm³/mol. The van der Waals surface area contributed by atoms with Gasteiger partial charge in [-0.05, 0) is 19.1 Å². The van der Waals surface area contributed by atoms with Gasteiger partial charge in [0.25, 0.3) is 0 Å². The molecule has 100 valence electrons. The Morgan fingerprint density at radius 1 is 1.25 bits per heavy atom. The molecule has 0 aliphatic rings. The van der Waals surface area contributed by atoms with E-state index in [0.29, 0.717) is 16.8 Å². The van der Waals surface area contributed by atoms with Gasteiger partial charge in [-0.25, -0.2) is 4.52 Å². The Morgan fingerprint density at radius 3 is 2.85 bits per heavy atom. The van der Waals surface area contributed by atoms with Crippen LogP contribution in [0.3, 0.4) is 0 Å². The molecule has 0 spiro atoms. The Hall–Kier alpha value is -2.76. The van der Waals surface area contributed by atoms with Crippen molar-refractivity contribution < 1.29 is 14.0 Å². The van der Waals surface area contributed by atoms with Crippen LogP contribution < -0.4 is 0 Å². The van der Waals surface area contributed by atoms with Gasteiger partial charge in [0.15, 0.2) is 11.5 Å². The summed E-state index contributed by atoms with van der Waals surface area (Å²) in [5.74, 6) is 0.199. The van der Waals surface area contributed by atoms with Crippen molar-refractivity contribution in [1.82, 2.24) is 14.6 Å². The van der Waals surface area contributed by atoms with E-state index < -0.39 is 0 Å².